The number of Topliss-reactive ketones (excluding diaryl/α,β-unsaturated/α-hetero) is 3. The Morgan fingerprint density at radius 2 is 1.69 bits per heavy atom. The van der Waals surface area contributed by atoms with E-state index in [1.165, 1.54) is 6.92 Å². The van der Waals surface area contributed by atoms with E-state index in [2.05, 4.69) is 6.92 Å². The Morgan fingerprint density at radius 3 is 2.25 bits per heavy atom. The summed E-state index contributed by atoms with van der Waals surface area (Å²) < 4.78 is 0. The number of rotatable bonds is 10. The van der Waals surface area contributed by atoms with Gasteiger partial charge < -0.3 is 0 Å². The van der Waals surface area contributed by atoms with E-state index in [4.69, 9.17) is 0 Å². The highest BCUT2D eigenvalue weighted by atomic mass is 32.2. The molecule has 0 aliphatic carbocycles. The van der Waals surface area contributed by atoms with Gasteiger partial charge in [-0.3, -0.25) is 14.4 Å². The van der Waals surface area contributed by atoms with E-state index in [0.29, 0.717) is 25.0 Å². The largest absolute Gasteiger partial charge is 0.300 e. The fourth-order valence-electron chi connectivity index (χ4n) is 1.25. The van der Waals surface area contributed by atoms with Gasteiger partial charge in [0.1, 0.15) is 17.3 Å². The van der Waals surface area contributed by atoms with Crippen LogP contribution in [-0.4, -0.2) is 28.9 Å². The van der Waals surface area contributed by atoms with Gasteiger partial charge in [0, 0.05) is 12.8 Å². The van der Waals surface area contributed by atoms with Gasteiger partial charge in [0.25, 0.3) is 0 Å². The van der Waals surface area contributed by atoms with Crippen LogP contribution in [-0.2, 0) is 14.4 Å². The number of hydrogen-bond acceptors (Lipinski definition) is 4. The molecule has 0 N–H and O–H groups in total. The van der Waals surface area contributed by atoms with E-state index in [1.807, 2.05) is 0 Å². The minimum absolute atomic E-state index is 0.0127. The molecule has 92 valence electrons. The number of thioether (sulfide) groups is 1. The summed E-state index contributed by atoms with van der Waals surface area (Å²) in [5.41, 5.74) is 0. The van der Waals surface area contributed by atoms with Crippen LogP contribution in [0.1, 0.15) is 46.0 Å². The zero-order chi connectivity index (χ0) is 12.4. The lowest BCUT2D eigenvalue weighted by molar-refractivity contribution is -0.125. The third kappa shape index (κ3) is 9.90. The van der Waals surface area contributed by atoms with Crippen molar-refractivity contribution in [1.29, 1.82) is 0 Å². The third-order valence-corrected chi connectivity index (χ3v) is 3.19. The van der Waals surface area contributed by atoms with Gasteiger partial charge >= 0.3 is 0 Å². The first-order chi connectivity index (χ1) is 7.56. The summed E-state index contributed by atoms with van der Waals surface area (Å²) in [6.07, 6.45) is 2.48. The molecule has 0 aliphatic heterocycles. The van der Waals surface area contributed by atoms with Gasteiger partial charge in [-0.15, -0.1) is 0 Å². The summed E-state index contributed by atoms with van der Waals surface area (Å²) in [6.45, 7) is 3.49. The molecule has 0 aromatic rings. The molecule has 0 heterocycles. The predicted molar refractivity (Wildman–Crippen MR) is 66.8 cm³/mol. The smallest absolute Gasteiger partial charge is 0.142 e. The standard InChI is InChI=1S/C12H20O3S/c1-3-7-16-9-12(15)6-4-5-11(14)8-10(2)13/h3-9H2,1-2H3. The summed E-state index contributed by atoms with van der Waals surface area (Å²) in [6, 6.07) is 0. The summed E-state index contributed by atoms with van der Waals surface area (Å²) in [4.78, 5) is 33.1. The molecule has 0 saturated heterocycles. The lowest BCUT2D eigenvalue weighted by Crippen LogP contribution is -2.07. The molecule has 0 bridgehead atoms. The average Bonchev–Trinajstić information content (AvgIpc) is 2.17. The minimum atomic E-state index is -0.102. The van der Waals surface area contributed by atoms with Crippen molar-refractivity contribution in [2.75, 3.05) is 11.5 Å². The third-order valence-electron chi connectivity index (χ3n) is 1.97. The first-order valence-electron chi connectivity index (χ1n) is 5.66. The second kappa shape index (κ2) is 9.58. The Bertz CT molecular complexity index is 249. The van der Waals surface area contributed by atoms with Crippen molar-refractivity contribution >= 4 is 29.1 Å². The molecule has 0 aromatic heterocycles. The van der Waals surface area contributed by atoms with Crippen LogP contribution in [0.25, 0.3) is 0 Å². The highest BCUT2D eigenvalue weighted by Crippen LogP contribution is 2.06. The molecular formula is C12H20O3S. The number of carbonyl (C=O) groups is 3. The first-order valence-corrected chi connectivity index (χ1v) is 6.82. The van der Waals surface area contributed by atoms with Crippen LogP contribution in [0.4, 0.5) is 0 Å². The average molecular weight is 244 g/mol. The molecular weight excluding hydrogens is 224 g/mol. The molecule has 4 heteroatoms. The molecule has 0 unspecified atom stereocenters. The van der Waals surface area contributed by atoms with Gasteiger partial charge in [-0.05, 0) is 25.5 Å². The molecule has 0 radical (unpaired) electrons. The maximum absolute atomic E-state index is 11.3. The van der Waals surface area contributed by atoms with Crippen LogP contribution in [0, 0.1) is 0 Å². The Balaban J connectivity index is 3.46. The fourth-order valence-corrected chi connectivity index (χ4v) is 2.06. The van der Waals surface area contributed by atoms with E-state index >= 15 is 0 Å². The summed E-state index contributed by atoms with van der Waals surface area (Å²) in [7, 11) is 0. The lowest BCUT2D eigenvalue weighted by Gasteiger charge is -2.00. The summed E-state index contributed by atoms with van der Waals surface area (Å²) >= 11 is 1.64. The maximum Gasteiger partial charge on any atom is 0.142 e. The lowest BCUT2D eigenvalue weighted by atomic mass is 10.1. The molecule has 3 nitrogen and oxygen atoms in total. The van der Waals surface area contributed by atoms with Crippen molar-refractivity contribution in [2.45, 2.75) is 46.0 Å². The van der Waals surface area contributed by atoms with Gasteiger partial charge in [-0.25, -0.2) is 0 Å². The highest BCUT2D eigenvalue weighted by molar-refractivity contribution is 7.99. The predicted octanol–water partition coefficient (Wildman–Crippen LogP) is 2.42. The van der Waals surface area contributed by atoms with Crippen molar-refractivity contribution in [3.8, 4) is 0 Å². The van der Waals surface area contributed by atoms with E-state index in [0.717, 1.165) is 12.2 Å². The van der Waals surface area contributed by atoms with Crippen LogP contribution in [0.2, 0.25) is 0 Å². The number of ketones is 3. The normalized spacial score (nSPS) is 10.1. The number of carbonyl (C=O) groups excluding carboxylic acids is 3. The SMILES string of the molecule is CCCSCC(=O)CCCC(=O)CC(C)=O. The van der Waals surface area contributed by atoms with Gasteiger partial charge in [-0.1, -0.05) is 6.92 Å². The molecule has 0 aliphatic rings. The Kier molecular flexibility index (Phi) is 9.19. The molecule has 16 heavy (non-hydrogen) atoms. The van der Waals surface area contributed by atoms with E-state index in [9.17, 15) is 14.4 Å². The monoisotopic (exact) mass is 244 g/mol. The second-order valence-electron chi connectivity index (χ2n) is 3.86. The van der Waals surface area contributed by atoms with Gasteiger partial charge in [0.05, 0.1) is 12.2 Å². The van der Waals surface area contributed by atoms with Crippen molar-refractivity contribution < 1.29 is 14.4 Å². The van der Waals surface area contributed by atoms with Crippen molar-refractivity contribution in [3.63, 3.8) is 0 Å². The maximum atomic E-state index is 11.3. The molecule has 0 fully saturated rings. The van der Waals surface area contributed by atoms with Crippen LogP contribution in [0.5, 0.6) is 0 Å². The van der Waals surface area contributed by atoms with E-state index in [-0.39, 0.29) is 23.8 Å². The zero-order valence-electron chi connectivity index (χ0n) is 10.1. The topological polar surface area (TPSA) is 51.2 Å². The van der Waals surface area contributed by atoms with Crippen molar-refractivity contribution in [2.24, 2.45) is 0 Å². The van der Waals surface area contributed by atoms with Crippen molar-refractivity contribution in [3.05, 3.63) is 0 Å². The molecule has 0 saturated carbocycles. The van der Waals surface area contributed by atoms with Crippen LogP contribution >= 0.6 is 11.8 Å². The van der Waals surface area contributed by atoms with Crippen LogP contribution < -0.4 is 0 Å². The fraction of sp³-hybridized carbons (Fsp3) is 0.750. The highest BCUT2D eigenvalue weighted by Gasteiger charge is 2.07. The molecule has 0 aromatic carbocycles. The molecule has 0 spiro atoms. The Morgan fingerprint density at radius 1 is 1.06 bits per heavy atom. The Labute approximate surface area is 101 Å². The van der Waals surface area contributed by atoms with Crippen LogP contribution in [0.3, 0.4) is 0 Å². The van der Waals surface area contributed by atoms with Crippen molar-refractivity contribution in [1.82, 2.24) is 0 Å². The number of hydrogen-bond donors (Lipinski definition) is 0. The van der Waals surface area contributed by atoms with E-state index in [1.54, 1.807) is 11.8 Å². The zero-order valence-corrected chi connectivity index (χ0v) is 10.9. The quantitative estimate of drug-likeness (QED) is 0.437. The molecule has 0 atom stereocenters. The molecule has 0 amide bonds. The van der Waals surface area contributed by atoms with Crippen LogP contribution in [0.15, 0.2) is 0 Å². The summed E-state index contributed by atoms with van der Waals surface area (Å²) in [5.74, 6) is 1.61. The summed E-state index contributed by atoms with van der Waals surface area (Å²) in [5, 5.41) is 0. The molecule has 0 rings (SSSR count). The second-order valence-corrected chi connectivity index (χ2v) is 4.97. The first kappa shape index (κ1) is 15.4. The Hall–Kier alpha value is -0.640. The van der Waals surface area contributed by atoms with Gasteiger partial charge in [-0.2, -0.15) is 11.8 Å². The van der Waals surface area contributed by atoms with Gasteiger partial charge in [0.2, 0.25) is 0 Å². The van der Waals surface area contributed by atoms with E-state index < -0.39 is 0 Å². The van der Waals surface area contributed by atoms with Gasteiger partial charge in [0.15, 0.2) is 0 Å². The minimum Gasteiger partial charge on any atom is -0.300 e.